The minimum Gasteiger partial charge on any atom is -0.462 e. The monoisotopic (exact) mass is 287 g/mol. The lowest BCUT2D eigenvalue weighted by Gasteiger charge is -2.10. The van der Waals surface area contributed by atoms with Crippen molar-refractivity contribution in [1.82, 2.24) is 5.32 Å². The minimum absolute atomic E-state index is 0.0456. The highest BCUT2D eigenvalue weighted by Gasteiger charge is 2.20. The lowest BCUT2D eigenvalue weighted by atomic mass is 10.0. The number of hydrogen-bond acceptors (Lipinski definition) is 5. The first-order valence-electron chi connectivity index (χ1n) is 5.91. The van der Waals surface area contributed by atoms with Crippen molar-refractivity contribution in [1.29, 1.82) is 0 Å². The summed E-state index contributed by atoms with van der Waals surface area (Å²) >= 11 is 0. The van der Waals surface area contributed by atoms with Gasteiger partial charge in [-0.15, -0.1) is 0 Å². The molecule has 0 spiro atoms. The molecule has 0 fully saturated rings. The van der Waals surface area contributed by atoms with Crippen LogP contribution in [0.15, 0.2) is 18.2 Å². The topological polar surface area (TPSA) is 81.7 Å². The molecule has 0 bridgehead atoms. The maximum atomic E-state index is 11.9. The van der Waals surface area contributed by atoms with Crippen LogP contribution in [0.2, 0.25) is 0 Å². The molecule has 1 aromatic rings. The Morgan fingerprint density at radius 1 is 0.952 bits per heavy atom. The van der Waals surface area contributed by atoms with Gasteiger partial charge in [-0.2, -0.15) is 0 Å². The van der Waals surface area contributed by atoms with Crippen LogP contribution in [-0.4, -0.2) is 37.6 Å². The fourth-order valence-electron chi connectivity index (χ4n) is 1.54. The number of esters is 2. The van der Waals surface area contributed by atoms with E-state index in [4.69, 9.17) is 20.8 Å². The SMILES string of the molecule is [CH]CNC(=O)c1cc(C(=O)OC[CH])ccc1C(=O)OC[CH]. The molecule has 21 heavy (non-hydrogen) atoms. The van der Waals surface area contributed by atoms with Gasteiger partial charge in [-0.3, -0.25) is 4.79 Å². The van der Waals surface area contributed by atoms with Crippen molar-refractivity contribution >= 4 is 17.8 Å². The van der Waals surface area contributed by atoms with E-state index in [9.17, 15) is 14.4 Å². The highest BCUT2D eigenvalue weighted by Crippen LogP contribution is 2.15. The molecule has 1 N–H and O–H groups in total. The van der Waals surface area contributed by atoms with Gasteiger partial charge >= 0.3 is 11.9 Å². The molecule has 1 amide bonds. The van der Waals surface area contributed by atoms with Gasteiger partial charge in [0, 0.05) is 20.4 Å². The van der Waals surface area contributed by atoms with E-state index in [0.717, 1.165) is 0 Å². The van der Waals surface area contributed by atoms with Crippen LogP contribution in [0.5, 0.6) is 0 Å². The molecule has 0 saturated carbocycles. The highest BCUT2D eigenvalue weighted by molar-refractivity contribution is 6.07. The van der Waals surface area contributed by atoms with Crippen LogP contribution in [0.4, 0.5) is 0 Å². The van der Waals surface area contributed by atoms with E-state index in [1.807, 2.05) is 0 Å². The summed E-state index contributed by atoms with van der Waals surface area (Å²) in [6.07, 6.45) is 0. The van der Waals surface area contributed by atoms with E-state index in [-0.39, 0.29) is 36.4 Å². The Labute approximate surface area is 123 Å². The summed E-state index contributed by atoms with van der Waals surface area (Å²) in [5, 5.41) is 2.32. The van der Waals surface area contributed by atoms with E-state index >= 15 is 0 Å². The number of benzene rings is 1. The van der Waals surface area contributed by atoms with Crippen LogP contribution < -0.4 is 5.32 Å². The molecule has 0 saturated heterocycles. The zero-order valence-corrected chi connectivity index (χ0v) is 11.1. The van der Waals surface area contributed by atoms with Crippen molar-refractivity contribution in [2.24, 2.45) is 0 Å². The molecule has 6 heteroatoms. The highest BCUT2D eigenvalue weighted by atomic mass is 16.5. The van der Waals surface area contributed by atoms with Gasteiger partial charge in [0.15, 0.2) is 0 Å². The third-order valence-electron chi connectivity index (χ3n) is 2.41. The largest absolute Gasteiger partial charge is 0.462 e. The van der Waals surface area contributed by atoms with Crippen LogP contribution in [0.25, 0.3) is 0 Å². The fraction of sp³-hybridized carbons (Fsp3) is 0.200. The maximum Gasteiger partial charge on any atom is 0.338 e. The van der Waals surface area contributed by atoms with Crippen molar-refractivity contribution in [3.63, 3.8) is 0 Å². The minimum atomic E-state index is -0.793. The summed E-state index contributed by atoms with van der Waals surface area (Å²) in [5.41, 5.74) is -0.0620. The van der Waals surface area contributed by atoms with E-state index in [0.29, 0.717) is 0 Å². The van der Waals surface area contributed by atoms with Crippen LogP contribution in [0, 0.1) is 20.8 Å². The number of ether oxygens (including phenoxy) is 2. The summed E-state index contributed by atoms with van der Waals surface area (Å²) in [4.78, 5) is 35.2. The van der Waals surface area contributed by atoms with Crippen LogP contribution in [0.1, 0.15) is 31.1 Å². The van der Waals surface area contributed by atoms with Crippen LogP contribution in [-0.2, 0) is 9.47 Å². The second-order valence-corrected chi connectivity index (χ2v) is 3.67. The summed E-state index contributed by atoms with van der Waals surface area (Å²) in [6.45, 7) is 14.7. The average molecular weight is 287 g/mol. The van der Waals surface area contributed by atoms with Gasteiger partial charge in [-0.1, -0.05) is 0 Å². The average Bonchev–Trinajstić information content (AvgIpc) is 2.47. The van der Waals surface area contributed by atoms with Crippen molar-refractivity contribution in [2.45, 2.75) is 0 Å². The Bertz CT molecular complexity index is 539. The first kappa shape index (κ1) is 16.7. The molecule has 0 aliphatic rings. The van der Waals surface area contributed by atoms with Gasteiger partial charge in [-0.25, -0.2) is 9.59 Å². The fourth-order valence-corrected chi connectivity index (χ4v) is 1.54. The second kappa shape index (κ2) is 8.04. The number of hydrogen-bond donors (Lipinski definition) is 1. The predicted molar refractivity (Wildman–Crippen MR) is 72.2 cm³/mol. The van der Waals surface area contributed by atoms with Gasteiger partial charge in [-0.05, 0) is 25.1 Å². The number of carbonyl (C=O) groups excluding carboxylic acids is 3. The molecule has 6 nitrogen and oxygen atoms in total. The number of nitrogens with one attached hydrogen (secondary N) is 1. The van der Waals surface area contributed by atoms with Crippen molar-refractivity contribution < 1.29 is 23.9 Å². The molecule has 0 aromatic heterocycles. The molecule has 0 heterocycles. The van der Waals surface area contributed by atoms with Gasteiger partial charge < -0.3 is 14.8 Å². The summed E-state index contributed by atoms with van der Waals surface area (Å²) < 4.78 is 9.25. The Morgan fingerprint density at radius 3 is 2.14 bits per heavy atom. The van der Waals surface area contributed by atoms with Gasteiger partial charge in [0.05, 0.1) is 29.9 Å². The van der Waals surface area contributed by atoms with E-state index < -0.39 is 17.8 Å². The van der Waals surface area contributed by atoms with Gasteiger partial charge in [0.25, 0.3) is 5.91 Å². The smallest absolute Gasteiger partial charge is 0.338 e. The molecule has 0 atom stereocenters. The van der Waals surface area contributed by atoms with Crippen molar-refractivity contribution in [3.05, 3.63) is 55.7 Å². The quantitative estimate of drug-likeness (QED) is 0.785. The van der Waals surface area contributed by atoms with Crippen molar-refractivity contribution in [3.8, 4) is 0 Å². The van der Waals surface area contributed by atoms with E-state index in [1.54, 1.807) is 0 Å². The van der Waals surface area contributed by atoms with E-state index in [2.05, 4.69) is 14.8 Å². The first-order valence-corrected chi connectivity index (χ1v) is 5.91. The Balaban J connectivity index is 3.22. The molecule has 6 radical (unpaired) electrons. The Hall–Kier alpha value is -2.37. The zero-order valence-electron chi connectivity index (χ0n) is 11.1. The maximum absolute atomic E-state index is 11.9. The summed E-state index contributed by atoms with van der Waals surface area (Å²) in [5.74, 6) is -2.15. The zero-order chi connectivity index (χ0) is 15.8. The van der Waals surface area contributed by atoms with Gasteiger partial charge in [0.1, 0.15) is 0 Å². The van der Waals surface area contributed by atoms with E-state index in [1.165, 1.54) is 18.2 Å². The van der Waals surface area contributed by atoms with Crippen LogP contribution >= 0.6 is 0 Å². The van der Waals surface area contributed by atoms with Crippen LogP contribution in [0.3, 0.4) is 0 Å². The third kappa shape index (κ3) is 4.30. The standard InChI is InChI=1S/C15H13NO5/c1-4-16-13(17)12-9-10(14(18)20-5-2)7-8-11(12)15(19)21-6-3/h1-3,7-9H,4-6H2,(H,16,17). The molecule has 0 aliphatic carbocycles. The number of amides is 1. The molecule has 1 aromatic carbocycles. The number of carbonyl (C=O) groups is 3. The lowest BCUT2D eigenvalue weighted by Crippen LogP contribution is -2.26. The number of rotatable bonds is 6. The summed E-state index contributed by atoms with van der Waals surface area (Å²) in [7, 11) is 0. The molecule has 0 unspecified atom stereocenters. The Kier molecular flexibility index (Phi) is 6.39. The second-order valence-electron chi connectivity index (χ2n) is 3.67. The Morgan fingerprint density at radius 2 is 1.57 bits per heavy atom. The molecular weight excluding hydrogens is 274 g/mol. The molecule has 0 aliphatic heterocycles. The third-order valence-corrected chi connectivity index (χ3v) is 2.41. The molecular formula is C15H13NO5. The molecule has 108 valence electrons. The van der Waals surface area contributed by atoms with Gasteiger partial charge in [0.2, 0.25) is 0 Å². The predicted octanol–water partition coefficient (Wildman–Crippen LogP) is 0.863. The lowest BCUT2D eigenvalue weighted by molar-refractivity contribution is 0.0530. The molecule has 1 rings (SSSR count). The van der Waals surface area contributed by atoms with Crippen molar-refractivity contribution in [2.75, 3.05) is 19.8 Å². The summed E-state index contributed by atoms with van der Waals surface area (Å²) in [6, 6.07) is 3.76. The normalized spacial score (nSPS) is 9.86. The first-order chi connectivity index (χ1) is 10.0.